The molecule has 4 rings (SSSR count). The summed E-state index contributed by atoms with van der Waals surface area (Å²) in [7, 11) is 1.69. The lowest BCUT2D eigenvalue weighted by atomic mass is 9.92. The second-order valence-electron chi connectivity index (χ2n) is 8.55. The molecule has 0 saturated carbocycles. The number of nitrogens with one attached hydrogen (secondary N) is 2. The van der Waals surface area contributed by atoms with E-state index in [-0.39, 0.29) is 11.7 Å². The molecule has 1 fully saturated rings. The van der Waals surface area contributed by atoms with Gasteiger partial charge in [-0.2, -0.15) is 0 Å². The zero-order chi connectivity index (χ0) is 23.2. The number of piperidine rings is 1. The Morgan fingerprint density at radius 3 is 2.76 bits per heavy atom. The van der Waals surface area contributed by atoms with Gasteiger partial charge in [-0.05, 0) is 56.4 Å². The normalized spacial score (nSPS) is 15.0. The van der Waals surface area contributed by atoms with Crippen LogP contribution in [0.25, 0.3) is 10.8 Å². The van der Waals surface area contributed by atoms with Gasteiger partial charge in [0, 0.05) is 41.9 Å². The molecule has 1 aliphatic heterocycles. The molecule has 33 heavy (non-hydrogen) atoms. The molecule has 1 aliphatic rings. The summed E-state index contributed by atoms with van der Waals surface area (Å²) in [6, 6.07) is 15.2. The zero-order valence-corrected chi connectivity index (χ0v) is 19.2. The molecule has 6 nitrogen and oxygen atoms in total. The number of anilines is 2. The minimum Gasteiger partial charge on any atom is -0.383 e. The van der Waals surface area contributed by atoms with Crippen LogP contribution in [0.15, 0.2) is 48.5 Å². The molecule has 1 amide bonds. The molecule has 2 aromatic carbocycles. The number of hydrogen-bond donors (Lipinski definition) is 2. The minimum absolute atomic E-state index is 0.115. The minimum atomic E-state index is -0.312. The van der Waals surface area contributed by atoms with E-state index in [1.165, 1.54) is 11.5 Å². The molecule has 0 spiro atoms. The van der Waals surface area contributed by atoms with Gasteiger partial charge in [-0.25, -0.2) is 9.37 Å². The molecule has 3 aromatic rings. The number of pyridine rings is 1. The van der Waals surface area contributed by atoms with Crippen LogP contribution in [-0.2, 0) is 9.53 Å². The third-order valence-electron chi connectivity index (χ3n) is 6.27. The van der Waals surface area contributed by atoms with E-state index in [4.69, 9.17) is 9.72 Å². The van der Waals surface area contributed by atoms with Crippen molar-refractivity contribution >= 4 is 28.2 Å². The highest BCUT2D eigenvalue weighted by Gasteiger charge is 2.24. The average Bonchev–Trinajstić information content (AvgIpc) is 2.82. The third-order valence-corrected chi connectivity index (χ3v) is 6.27. The molecule has 2 heterocycles. The highest BCUT2D eigenvalue weighted by atomic mass is 19.1. The summed E-state index contributed by atoms with van der Waals surface area (Å²) in [5.74, 6) is 0.818. The van der Waals surface area contributed by atoms with Crippen LogP contribution in [0.2, 0.25) is 0 Å². The van der Waals surface area contributed by atoms with Gasteiger partial charge in [-0.1, -0.05) is 30.3 Å². The Bertz CT molecular complexity index is 1110. The molecule has 0 aliphatic carbocycles. The van der Waals surface area contributed by atoms with Crippen LogP contribution in [0, 0.1) is 12.7 Å². The van der Waals surface area contributed by atoms with Gasteiger partial charge in [0.15, 0.2) is 0 Å². The molecular formula is C26H31FN4O2. The van der Waals surface area contributed by atoms with E-state index in [1.807, 2.05) is 12.1 Å². The Kier molecular flexibility index (Phi) is 7.52. The first kappa shape index (κ1) is 23.1. The van der Waals surface area contributed by atoms with Crippen LogP contribution < -0.4 is 10.6 Å². The average molecular weight is 451 g/mol. The molecule has 7 heteroatoms. The molecule has 2 N–H and O–H groups in total. The van der Waals surface area contributed by atoms with E-state index in [2.05, 4.69) is 33.7 Å². The van der Waals surface area contributed by atoms with Crippen LogP contribution in [0.1, 0.15) is 30.0 Å². The summed E-state index contributed by atoms with van der Waals surface area (Å²) >= 11 is 0. The number of fused-ring (bicyclic) bond motifs is 1. The maximum atomic E-state index is 13.7. The lowest BCUT2D eigenvalue weighted by Crippen LogP contribution is -2.39. The van der Waals surface area contributed by atoms with Crippen LogP contribution in [-0.4, -0.2) is 55.7 Å². The molecule has 1 aromatic heterocycles. The smallest absolute Gasteiger partial charge is 0.238 e. The third kappa shape index (κ3) is 5.67. The topological polar surface area (TPSA) is 66.5 Å². The van der Waals surface area contributed by atoms with Crippen molar-refractivity contribution in [3.63, 3.8) is 0 Å². The number of amides is 1. The second-order valence-corrected chi connectivity index (χ2v) is 8.55. The highest BCUT2D eigenvalue weighted by molar-refractivity contribution is 5.93. The fourth-order valence-electron chi connectivity index (χ4n) is 4.36. The Morgan fingerprint density at radius 1 is 1.18 bits per heavy atom. The van der Waals surface area contributed by atoms with Gasteiger partial charge in [-0.3, -0.25) is 9.69 Å². The number of methoxy groups -OCH3 is 1. The first-order chi connectivity index (χ1) is 16.0. The Labute approximate surface area is 194 Å². The first-order valence-electron chi connectivity index (χ1n) is 11.4. The molecular weight excluding hydrogens is 419 g/mol. The number of benzene rings is 2. The number of aromatic nitrogens is 1. The number of ether oxygens (including phenoxy) is 1. The fraction of sp³-hybridized carbons (Fsp3) is 0.385. The summed E-state index contributed by atoms with van der Waals surface area (Å²) in [4.78, 5) is 19.6. The lowest BCUT2D eigenvalue weighted by Gasteiger charge is -2.31. The van der Waals surface area contributed by atoms with Gasteiger partial charge in [-0.15, -0.1) is 0 Å². The number of nitrogens with zero attached hydrogens (tertiary/aromatic N) is 2. The zero-order valence-electron chi connectivity index (χ0n) is 19.2. The number of hydrogen-bond acceptors (Lipinski definition) is 5. The summed E-state index contributed by atoms with van der Waals surface area (Å²) in [6.45, 7) is 4.94. The van der Waals surface area contributed by atoms with E-state index < -0.39 is 0 Å². The summed E-state index contributed by atoms with van der Waals surface area (Å²) in [5, 5.41) is 8.54. The van der Waals surface area contributed by atoms with Gasteiger partial charge in [0.2, 0.25) is 5.91 Å². The maximum absolute atomic E-state index is 13.7. The first-order valence-corrected chi connectivity index (χ1v) is 11.4. The maximum Gasteiger partial charge on any atom is 0.238 e. The van der Waals surface area contributed by atoms with E-state index in [9.17, 15) is 9.18 Å². The number of halogens is 1. The largest absolute Gasteiger partial charge is 0.383 e. The molecule has 0 bridgehead atoms. The number of carbonyl (C=O) groups is 1. The van der Waals surface area contributed by atoms with Gasteiger partial charge in [0.05, 0.1) is 13.2 Å². The second kappa shape index (κ2) is 10.7. The van der Waals surface area contributed by atoms with Crippen molar-refractivity contribution in [2.75, 3.05) is 50.5 Å². The van der Waals surface area contributed by atoms with E-state index in [0.29, 0.717) is 36.9 Å². The molecule has 174 valence electrons. The summed E-state index contributed by atoms with van der Waals surface area (Å²) < 4.78 is 18.9. The van der Waals surface area contributed by atoms with Gasteiger partial charge in [0.1, 0.15) is 11.6 Å². The van der Waals surface area contributed by atoms with Crippen molar-refractivity contribution in [2.45, 2.75) is 25.7 Å². The number of carbonyl (C=O) groups excluding carboxylic acids is 1. The van der Waals surface area contributed by atoms with Gasteiger partial charge >= 0.3 is 0 Å². The number of likely N-dealkylation sites (tertiary alicyclic amines) is 1. The van der Waals surface area contributed by atoms with Gasteiger partial charge in [0.25, 0.3) is 0 Å². The molecule has 0 unspecified atom stereocenters. The van der Waals surface area contributed by atoms with Crippen LogP contribution >= 0.6 is 0 Å². The predicted octanol–water partition coefficient (Wildman–Crippen LogP) is 4.56. The predicted molar refractivity (Wildman–Crippen MR) is 130 cm³/mol. The fourth-order valence-corrected chi connectivity index (χ4v) is 4.36. The number of rotatable bonds is 8. The van der Waals surface area contributed by atoms with Gasteiger partial charge < -0.3 is 15.4 Å². The van der Waals surface area contributed by atoms with Crippen molar-refractivity contribution in [1.29, 1.82) is 0 Å². The highest BCUT2D eigenvalue weighted by Crippen LogP contribution is 2.31. The molecule has 0 radical (unpaired) electrons. The molecule has 1 saturated heterocycles. The summed E-state index contributed by atoms with van der Waals surface area (Å²) in [5.41, 5.74) is 2.08. The van der Waals surface area contributed by atoms with Crippen LogP contribution in [0.3, 0.4) is 0 Å². The van der Waals surface area contributed by atoms with Crippen molar-refractivity contribution < 1.29 is 13.9 Å². The van der Waals surface area contributed by atoms with Crippen LogP contribution in [0.4, 0.5) is 15.9 Å². The summed E-state index contributed by atoms with van der Waals surface area (Å²) in [6.07, 6.45) is 1.88. The van der Waals surface area contributed by atoms with Crippen molar-refractivity contribution in [2.24, 2.45) is 0 Å². The quantitative estimate of drug-likeness (QED) is 0.493. The SMILES string of the molecule is COCCNc1nc(C2CCN(CC(=O)Nc3cccc(F)c3C)CC2)cc2ccccc12. The standard InChI is InChI=1S/C26H31FN4O2/c1-18-22(27)8-5-9-23(18)29-25(32)17-31-13-10-19(11-14-31)24-16-20-6-3-4-7-21(20)26(30-24)28-12-15-33-2/h3-9,16,19H,10-15,17H2,1-2H3,(H,28,30)(H,29,32). The van der Waals surface area contributed by atoms with Crippen molar-refractivity contribution in [3.8, 4) is 0 Å². The van der Waals surface area contributed by atoms with E-state index >= 15 is 0 Å². The Balaban J connectivity index is 1.38. The monoisotopic (exact) mass is 450 g/mol. The van der Waals surface area contributed by atoms with Crippen LogP contribution in [0.5, 0.6) is 0 Å². The van der Waals surface area contributed by atoms with Crippen molar-refractivity contribution in [3.05, 3.63) is 65.6 Å². The van der Waals surface area contributed by atoms with E-state index in [1.54, 1.807) is 26.2 Å². The molecule has 0 atom stereocenters. The lowest BCUT2D eigenvalue weighted by molar-refractivity contribution is -0.117. The van der Waals surface area contributed by atoms with E-state index in [0.717, 1.165) is 42.8 Å². The van der Waals surface area contributed by atoms with Crippen molar-refractivity contribution in [1.82, 2.24) is 9.88 Å². The Morgan fingerprint density at radius 2 is 1.97 bits per heavy atom. The Hall–Kier alpha value is -3.03.